The van der Waals surface area contributed by atoms with Crippen molar-refractivity contribution in [2.75, 3.05) is 0 Å². The van der Waals surface area contributed by atoms with Crippen LogP contribution in [0.25, 0.3) is 0 Å². The van der Waals surface area contributed by atoms with Gasteiger partial charge in [0.05, 0.1) is 6.20 Å². The van der Waals surface area contributed by atoms with Crippen LogP contribution in [0.4, 0.5) is 8.78 Å². The third-order valence-corrected chi connectivity index (χ3v) is 1.57. The fourth-order valence-electron chi connectivity index (χ4n) is 0.973. The van der Waals surface area contributed by atoms with Crippen LogP contribution in [0.15, 0.2) is 6.20 Å². The first-order chi connectivity index (χ1) is 6.31. The third-order valence-electron chi connectivity index (χ3n) is 1.57. The maximum absolute atomic E-state index is 13.2. The number of hydrogen-bond donors (Lipinski definition) is 0. The van der Waals surface area contributed by atoms with Gasteiger partial charge in [-0.05, 0) is 27.7 Å². The molecule has 0 N–H and O–H groups in total. The molecule has 0 aliphatic heterocycles. The van der Waals surface area contributed by atoms with Gasteiger partial charge in [0.1, 0.15) is 5.60 Å². The SMILES string of the molecule is Cc1c(F)ncc(F)c1OC(C)(C)C. The van der Waals surface area contributed by atoms with Crippen LogP contribution in [0, 0.1) is 18.7 Å². The summed E-state index contributed by atoms with van der Waals surface area (Å²) >= 11 is 0. The molecule has 1 heterocycles. The molecule has 0 bridgehead atoms. The molecule has 1 rings (SSSR count). The molecule has 0 saturated carbocycles. The lowest BCUT2D eigenvalue weighted by molar-refractivity contribution is 0.122. The predicted octanol–water partition coefficient (Wildman–Crippen LogP) is 2.85. The zero-order valence-electron chi connectivity index (χ0n) is 8.69. The van der Waals surface area contributed by atoms with E-state index in [4.69, 9.17) is 4.74 Å². The normalized spacial score (nSPS) is 11.6. The minimum Gasteiger partial charge on any atom is -0.485 e. The Balaban J connectivity index is 3.13. The van der Waals surface area contributed by atoms with Gasteiger partial charge in [0, 0.05) is 5.56 Å². The maximum Gasteiger partial charge on any atom is 0.219 e. The van der Waals surface area contributed by atoms with E-state index in [-0.39, 0.29) is 11.3 Å². The van der Waals surface area contributed by atoms with Gasteiger partial charge in [-0.3, -0.25) is 0 Å². The van der Waals surface area contributed by atoms with Crippen molar-refractivity contribution in [1.82, 2.24) is 4.98 Å². The average Bonchev–Trinajstić information content (AvgIpc) is 2.04. The Morgan fingerprint density at radius 2 is 1.86 bits per heavy atom. The molecule has 0 amide bonds. The molecule has 0 aromatic carbocycles. The molecule has 1 aromatic rings. The van der Waals surface area contributed by atoms with Crippen LogP contribution in [0.1, 0.15) is 26.3 Å². The van der Waals surface area contributed by atoms with Gasteiger partial charge in [0.2, 0.25) is 5.95 Å². The molecule has 2 nitrogen and oxygen atoms in total. The van der Waals surface area contributed by atoms with Crippen LogP contribution in [-0.2, 0) is 0 Å². The summed E-state index contributed by atoms with van der Waals surface area (Å²) in [5, 5.41) is 0. The molecule has 0 fully saturated rings. The van der Waals surface area contributed by atoms with Gasteiger partial charge in [-0.25, -0.2) is 9.37 Å². The van der Waals surface area contributed by atoms with Gasteiger partial charge in [-0.1, -0.05) is 0 Å². The summed E-state index contributed by atoms with van der Waals surface area (Å²) in [6, 6.07) is 0. The molecule has 14 heavy (non-hydrogen) atoms. The molecule has 0 unspecified atom stereocenters. The van der Waals surface area contributed by atoms with Gasteiger partial charge in [-0.15, -0.1) is 0 Å². The van der Waals surface area contributed by atoms with Gasteiger partial charge < -0.3 is 4.74 Å². The Morgan fingerprint density at radius 1 is 1.29 bits per heavy atom. The number of nitrogens with zero attached hydrogens (tertiary/aromatic N) is 1. The summed E-state index contributed by atoms with van der Waals surface area (Å²) in [6.07, 6.45) is 0.823. The van der Waals surface area contributed by atoms with Crippen LogP contribution < -0.4 is 4.74 Å². The van der Waals surface area contributed by atoms with E-state index in [1.165, 1.54) is 6.92 Å². The number of rotatable bonds is 1. The Morgan fingerprint density at radius 3 is 2.36 bits per heavy atom. The Kier molecular flexibility index (Phi) is 2.73. The van der Waals surface area contributed by atoms with Crippen molar-refractivity contribution in [1.29, 1.82) is 0 Å². The highest BCUT2D eigenvalue weighted by molar-refractivity contribution is 5.31. The van der Waals surface area contributed by atoms with E-state index >= 15 is 0 Å². The summed E-state index contributed by atoms with van der Waals surface area (Å²) in [5.74, 6) is -1.41. The van der Waals surface area contributed by atoms with Crippen molar-refractivity contribution in [3.63, 3.8) is 0 Å². The van der Waals surface area contributed by atoms with Crippen LogP contribution in [0.3, 0.4) is 0 Å². The summed E-state index contributed by atoms with van der Waals surface area (Å²) < 4.78 is 31.5. The second kappa shape index (κ2) is 3.52. The Hall–Kier alpha value is -1.19. The van der Waals surface area contributed by atoms with E-state index in [2.05, 4.69) is 4.98 Å². The van der Waals surface area contributed by atoms with Crippen molar-refractivity contribution in [2.24, 2.45) is 0 Å². The number of pyridine rings is 1. The van der Waals surface area contributed by atoms with E-state index in [0.29, 0.717) is 0 Å². The number of aromatic nitrogens is 1. The minimum absolute atomic E-state index is 0.0648. The molecule has 0 aliphatic rings. The van der Waals surface area contributed by atoms with Gasteiger partial charge >= 0.3 is 0 Å². The second-order valence-electron chi connectivity index (χ2n) is 4.07. The molecule has 78 valence electrons. The highest BCUT2D eigenvalue weighted by atomic mass is 19.1. The van der Waals surface area contributed by atoms with E-state index in [0.717, 1.165) is 6.20 Å². The van der Waals surface area contributed by atoms with Crippen LogP contribution >= 0.6 is 0 Å². The topological polar surface area (TPSA) is 22.1 Å². The summed E-state index contributed by atoms with van der Waals surface area (Å²) in [5.41, 5.74) is -0.459. The fourth-order valence-corrected chi connectivity index (χ4v) is 0.973. The Labute approximate surface area is 81.9 Å². The molecule has 0 saturated heterocycles. The fraction of sp³-hybridized carbons (Fsp3) is 0.500. The molecule has 0 atom stereocenters. The van der Waals surface area contributed by atoms with E-state index in [1.807, 2.05) is 0 Å². The third kappa shape index (κ3) is 2.40. The van der Waals surface area contributed by atoms with Crippen molar-refractivity contribution in [2.45, 2.75) is 33.3 Å². The maximum atomic E-state index is 13.2. The molecular weight excluding hydrogens is 188 g/mol. The second-order valence-corrected chi connectivity index (χ2v) is 4.07. The van der Waals surface area contributed by atoms with Crippen molar-refractivity contribution >= 4 is 0 Å². The first-order valence-corrected chi connectivity index (χ1v) is 4.31. The van der Waals surface area contributed by atoms with Crippen LogP contribution in [0.2, 0.25) is 0 Å². The first-order valence-electron chi connectivity index (χ1n) is 4.31. The number of hydrogen-bond acceptors (Lipinski definition) is 2. The zero-order chi connectivity index (χ0) is 10.9. The van der Waals surface area contributed by atoms with E-state index in [1.54, 1.807) is 20.8 Å². The lowest BCUT2D eigenvalue weighted by atomic mass is 10.2. The minimum atomic E-state index is -0.703. The van der Waals surface area contributed by atoms with Crippen molar-refractivity contribution in [3.8, 4) is 5.75 Å². The molecule has 1 aromatic heterocycles. The summed E-state index contributed by atoms with van der Waals surface area (Å²) in [6.45, 7) is 6.74. The predicted molar refractivity (Wildman–Crippen MR) is 49.3 cm³/mol. The molecule has 0 aliphatic carbocycles. The monoisotopic (exact) mass is 201 g/mol. The first kappa shape index (κ1) is 10.9. The van der Waals surface area contributed by atoms with Gasteiger partial charge in [0.15, 0.2) is 11.6 Å². The largest absolute Gasteiger partial charge is 0.485 e. The highest BCUT2D eigenvalue weighted by Crippen LogP contribution is 2.26. The van der Waals surface area contributed by atoms with Crippen LogP contribution in [0.5, 0.6) is 5.75 Å². The van der Waals surface area contributed by atoms with E-state index < -0.39 is 17.4 Å². The molecule has 0 spiro atoms. The lowest BCUT2D eigenvalue weighted by Gasteiger charge is -2.22. The van der Waals surface area contributed by atoms with Gasteiger partial charge in [-0.2, -0.15) is 4.39 Å². The number of ether oxygens (including phenoxy) is 1. The highest BCUT2D eigenvalue weighted by Gasteiger charge is 2.19. The quantitative estimate of drug-likeness (QED) is 0.652. The van der Waals surface area contributed by atoms with Crippen molar-refractivity contribution < 1.29 is 13.5 Å². The molecule has 4 heteroatoms. The number of halogens is 2. The Bertz CT molecular complexity index is 345. The average molecular weight is 201 g/mol. The van der Waals surface area contributed by atoms with Crippen LogP contribution in [-0.4, -0.2) is 10.6 Å². The lowest BCUT2D eigenvalue weighted by Crippen LogP contribution is -2.24. The van der Waals surface area contributed by atoms with E-state index in [9.17, 15) is 8.78 Å². The smallest absolute Gasteiger partial charge is 0.219 e. The molecule has 0 radical (unpaired) electrons. The molecular formula is C10H13F2NO. The zero-order valence-corrected chi connectivity index (χ0v) is 8.69. The standard InChI is InChI=1S/C10H13F2NO/c1-6-8(14-10(2,3)4)7(11)5-13-9(6)12/h5H,1-4H3. The van der Waals surface area contributed by atoms with Crippen molar-refractivity contribution in [3.05, 3.63) is 23.5 Å². The summed E-state index contributed by atoms with van der Waals surface area (Å²) in [7, 11) is 0. The van der Waals surface area contributed by atoms with Gasteiger partial charge in [0.25, 0.3) is 0 Å². The summed E-state index contributed by atoms with van der Waals surface area (Å²) in [4.78, 5) is 3.25.